The zero-order chi connectivity index (χ0) is 6.41. The second kappa shape index (κ2) is 5.06. The topological polar surface area (TPSA) is 30.5 Å². The highest BCUT2D eigenvalue weighted by atomic mass is 15.1. The lowest BCUT2D eigenvalue weighted by molar-refractivity contribution is -0.894. The molecule has 0 spiro atoms. The fourth-order valence-electron chi connectivity index (χ4n) is 0.808. The van der Waals surface area contributed by atoms with Crippen LogP contribution in [0.15, 0.2) is 0 Å². The molecule has 0 aromatic rings. The van der Waals surface area contributed by atoms with Gasteiger partial charge in [-0.1, -0.05) is 0 Å². The average molecular weight is 117 g/mol. The molecule has 2 nitrogen and oxygen atoms in total. The minimum absolute atomic E-state index is 0.816. The van der Waals surface area contributed by atoms with Gasteiger partial charge in [-0.15, -0.1) is 0 Å². The highest BCUT2D eigenvalue weighted by Gasteiger charge is 1.96. The minimum Gasteiger partial charge on any atom is -0.334 e. The van der Waals surface area contributed by atoms with Crippen LogP contribution in [0, 0.1) is 0 Å². The van der Waals surface area contributed by atoms with E-state index < -0.39 is 0 Å². The summed E-state index contributed by atoms with van der Waals surface area (Å²) in [6.07, 6.45) is 0. The van der Waals surface area contributed by atoms with Gasteiger partial charge in [0.2, 0.25) is 0 Å². The number of nitrogens with one attached hydrogen (secondary N) is 1. The number of rotatable bonds is 4. The summed E-state index contributed by atoms with van der Waals surface area (Å²) in [6, 6.07) is 0. The summed E-state index contributed by atoms with van der Waals surface area (Å²) >= 11 is 0. The molecule has 0 saturated carbocycles. The minimum atomic E-state index is 0.816. The van der Waals surface area contributed by atoms with E-state index in [0.717, 1.165) is 13.1 Å². The fourth-order valence-corrected chi connectivity index (χ4v) is 0.808. The predicted octanol–water partition coefficient (Wildman–Crippen LogP) is -1.13. The molecule has 0 rings (SSSR count). The summed E-state index contributed by atoms with van der Waals surface area (Å²) in [5.41, 5.74) is 5.36. The largest absolute Gasteiger partial charge is 0.334 e. The van der Waals surface area contributed by atoms with Crippen molar-refractivity contribution in [1.29, 1.82) is 0 Å². The van der Waals surface area contributed by atoms with Gasteiger partial charge in [0.05, 0.1) is 19.6 Å². The fraction of sp³-hybridized carbons (Fsp3) is 1.00. The van der Waals surface area contributed by atoms with E-state index in [2.05, 4.69) is 13.8 Å². The maximum atomic E-state index is 5.36. The molecule has 8 heavy (non-hydrogen) atoms. The van der Waals surface area contributed by atoms with E-state index >= 15 is 0 Å². The molecule has 0 bridgehead atoms. The SMILES string of the molecule is CC[NH+](CC)CCN. The Morgan fingerprint density at radius 3 is 1.88 bits per heavy atom. The first kappa shape index (κ1) is 7.92. The van der Waals surface area contributed by atoms with Crippen LogP contribution in [0.3, 0.4) is 0 Å². The van der Waals surface area contributed by atoms with Crippen LogP contribution in [0.4, 0.5) is 0 Å². The van der Waals surface area contributed by atoms with E-state index in [4.69, 9.17) is 5.73 Å². The Bertz CT molecular complexity index is 41.8. The van der Waals surface area contributed by atoms with Crippen LogP contribution in [-0.2, 0) is 0 Å². The number of hydrogen-bond donors (Lipinski definition) is 2. The van der Waals surface area contributed by atoms with Crippen LogP contribution >= 0.6 is 0 Å². The van der Waals surface area contributed by atoms with Gasteiger partial charge < -0.3 is 10.6 Å². The molecule has 0 aromatic heterocycles. The van der Waals surface area contributed by atoms with Crippen molar-refractivity contribution in [3.63, 3.8) is 0 Å². The van der Waals surface area contributed by atoms with Crippen molar-refractivity contribution in [3.05, 3.63) is 0 Å². The molecule has 0 aromatic carbocycles. The number of likely N-dealkylation sites (N-methyl/N-ethyl adjacent to an activating group) is 1. The molecule has 0 aliphatic rings. The summed E-state index contributed by atoms with van der Waals surface area (Å²) in [5.74, 6) is 0. The van der Waals surface area contributed by atoms with Crippen molar-refractivity contribution in [2.24, 2.45) is 5.73 Å². The molecule has 3 N–H and O–H groups in total. The van der Waals surface area contributed by atoms with Crippen LogP contribution in [0.25, 0.3) is 0 Å². The second-order valence-electron chi connectivity index (χ2n) is 2.00. The molecule has 0 unspecified atom stereocenters. The first-order chi connectivity index (χ1) is 3.85. The van der Waals surface area contributed by atoms with Crippen LogP contribution in [0.1, 0.15) is 13.8 Å². The maximum absolute atomic E-state index is 5.36. The first-order valence-electron chi connectivity index (χ1n) is 3.38. The highest BCUT2D eigenvalue weighted by Crippen LogP contribution is 1.46. The molecule has 0 aliphatic heterocycles. The summed E-state index contributed by atoms with van der Waals surface area (Å²) in [7, 11) is 0. The van der Waals surface area contributed by atoms with Crippen LogP contribution in [0.5, 0.6) is 0 Å². The molecule has 0 saturated heterocycles. The van der Waals surface area contributed by atoms with Gasteiger partial charge in [0, 0.05) is 6.54 Å². The normalized spacial score (nSPS) is 10.5. The van der Waals surface area contributed by atoms with Gasteiger partial charge in [0.1, 0.15) is 0 Å². The van der Waals surface area contributed by atoms with E-state index in [-0.39, 0.29) is 0 Å². The molecule has 0 aliphatic carbocycles. The Morgan fingerprint density at radius 1 is 1.25 bits per heavy atom. The first-order valence-corrected chi connectivity index (χ1v) is 3.38. The van der Waals surface area contributed by atoms with Gasteiger partial charge in [-0.3, -0.25) is 0 Å². The van der Waals surface area contributed by atoms with E-state index in [0.29, 0.717) is 0 Å². The number of hydrogen-bond acceptors (Lipinski definition) is 1. The quantitative estimate of drug-likeness (QED) is 0.479. The molecule has 0 radical (unpaired) electrons. The third-order valence-corrected chi connectivity index (χ3v) is 1.50. The smallest absolute Gasteiger partial charge is 0.0895 e. The van der Waals surface area contributed by atoms with E-state index in [9.17, 15) is 0 Å². The zero-order valence-corrected chi connectivity index (χ0v) is 5.91. The Balaban J connectivity index is 3.07. The molecule has 2 heteroatoms. The van der Waals surface area contributed by atoms with Gasteiger partial charge in [-0.25, -0.2) is 0 Å². The number of nitrogens with two attached hydrogens (primary N) is 1. The second-order valence-corrected chi connectivity index (χ2v) is 2.00. The van der Waals surface area contributed by atoms with Crippen molar-refractivity contribution in [2.75, 3.05) is 26.2 Å². The Labute approximate surface area is 51.7 Å². The molecule has 50 valence electrons. The van der Waals surface area contributed by atoms with E-state index in [1.54, 1.807) is 4.90 Å². The van der Waals surface area contributed by atoms with Crippen molar-refractivity contribution >= 4 is 0 Å². The summed E-state index contributed by atoms with van der Waals surface area (Å²) < 4.78 is 0. The predicted molar refractivity (Wildman–Crippen MR) is 36.0 cm³/mol. The molecule has 0 atom stereocenters. The lowest BCUT2D eigenvalue weighted by atomic mass is 10.5. The van der Waals surface area contributed by atoms with Gasteiger partial charge in [-0.2, -0.15) is 0 Å². The summed E-state index contributed by atoms with van der Waals surface area (Å²) in [4.78, 5) is 1.59. The van der Waals surface area contributed by atoms with Crippen molar-refractivity contribution in [1.82, 2.24) is 0 Å². The lowest BCUT2D eigenvalue weighted by Crippen LogP contribution is -3.12. The van der Waals surface area contributed by atoms with Gasteiger partial charge >= 0.3 is 0 Å². The Morgan fingerprint density at radius 2 is 1.75 bits per heavy atom. The standard InChI is InChI=1S/C6H16N2/c1-3-8(4-2)6-5-7/h3-7H2,1-2H3/p+1. The molecule has 0 heterocycles. The van der Waals surface area contributed by atoms with Crippen LogP contribution in [0.2, 0.25) is 0 Å². The maximum Gasteiger partial charge on any atom is 0.0895 e. The Hall–Kier alpha value is -0.0800. The average Bonchev–Trinajstić information content (AvgIpc) is 1.83. The van der Waals surface area contributed by atoms with Crippen LogP contribution in [-0.4, -0.2) is 26.2 Å². The lowest BCUT2D eigenvalue weighted by Gasteiger charge is -2.12. The van der Waals surface area contributed by atoms with Crippen molar-refractivity contribution in [3.8, 4) is 0 Å². The summed E-state index contributed by atoms with van der Waals surface area (Å²) in [6.45, 7) is 8.72. The molecule has 0 fully saturated rings. The molecular formula is C6H17N2+. The molecule has 0 amide bonds. The van der Waals surface area contributed by atoms with E-state index in [1.165, 1.54) is 13.1 Å². The number of quaternary nitrogens is 1. The van der Waals surface area contributed by atoms with Crippen molar-refractivity contribution < 1.29 is 4.90 Å². The molecular weight excluding hydrogens is 100 g/mol. The van der Waals surface area contributed by atoms with Crippen molar-refractivity contribution in [2.45, 2.75) is 13.8 Å². The van der Waals surface area contributed by atoms with Gasteiger partial charge in [0.15, 0.2) is 0 Å². The monoisotopic (exact) mass is 117 g/mol. The van der Waals surface area contributed by atoms with Gasteiger partial charge in [0.25, 0.3) is 0 Å². The van der Waals surface area contributed by atoms with Gasteiger partial charge in [-0.05, 0) is 13.8 Å². The zero-order valence-electron chi connectivity index (χ0n) is 5.91. The highest BCUT2D eigenvalue weighted by molar-refractivity contribution is 4.25. The third kappa shape index (κ3) is 2.99. The summed E-state index contributed by atoms with van der Waals surface area (Å²) in [5, 5.41) is 0. The van der Waals surface area contributed by atoms with E-state index in [1.807, 2.05) is 0 Å². The van der Waals surface area contributed by atoms with Crippen LogP contribution < -0.4 is 10.6 Å². The Kier molecular flexibility index (Phi) is 5.01. The third-order valence-electron chi connectivity index (χ3n) is 1.50.